The molecule has 0 spiro atoms. The van der Waals surface area contributed by atoms with E-state index in [-0.39, 0.29) is 17.7 Å². The van der Waals surface area contributed by atoms with Gasteiger partial charge in [-0.25, -0.2) is 4.79 Å². The lowest BCUT2D eigenvalue weighted by Crippen LogP contribution is -2.26. The lowest BCUT2D eigenvalue weighted by Gasteiger charge is -2.20. The van der Waals surface area contributed by atoms with E-state index in [1.807, 2.05) is 128 Å². The maximum atomic E-state index is 12.8. The highest BCUT2D eigenvalue weighted by Gasteiger charge is 2.21. The average Bonchev–Trinajstić information content (AvgIpc) is 3.86. The van der Waals surface area contributed by atoms with Gasteiger partial charge in [-0.2, -0.15) is 0 Å². The van der Waals surface area contributed by atoms with Crippen molar-refractivity contribution in [2.24, 2.45) is 0 Å². The molecule has 2 aliphatic rings. The molecule has 2 heterocycles. The summed E-state index contributed by atoms with van der Waals surface area (Å²) < 4.78 is 0. The highest BCUT2D eigenvalue weighted by atomic mass is 16.4. The molecule has 6 aromatic carbocycles. The summed E-state index contributed by atoms with van der Waals surface area (Å²) in [6.07, 6.45) is 1.90. The number of fused-ring (bicyclic) bond motifs is 2. The van der Waals surface area contributed by atoms with Crippen molar-refractivity contribution in [2.75, 3.05) is 57.8 Å². The third-order valence-corrected chi connectivity index (χ3v) is 10.4. The number of carbonyl (C=O) groups excluding carboxylic acids is 3. The van der Waals surface area contributed by atoms with Crippen molar-refractivity contribution in [3.05, 3.63) is 179 Å². The molecular weight excluding hydrogens is 765 g/mol. The zero-order valence-electron chi connectivity index (χ0n) is 35.0. The van der Waals surface area contributed by atoms with Gasteiger partial charge in [0.1, 0.15) is 0 Å². The molecule has 2 aliphatic heterocycles. The zero-order chi connectivity index (χ0) is 43.3. The fourth-order valence-corrected chi connectivity index (χ4v) is 7.34. The van der Waals surface area contributed by atoms with Crippen LogP contribution in [-0.2, 0) is 35.5 Å². The van der Waals surface area contributed by atoms with E-state index in [2.05, 4.69) is 37.9 Å². The minimum Gasteiger partial charge on any atom is -0.478 e. The van der Waals surface area contributed by atoms with Crippen LogP contribution < -0.4 is 30.7 Å². The molecule has 0 fully saturated rings. The normalized spacial score (nSPS) is 12.1. The summed E-state index contributed by atoms with van der Waals surface area (Å²) in [7, 11) is 3.71. The topological polar surface area (TPSA) is 134 Å². The summed E-state index contributed by atoms with van der Waals surface area (Å²) in [5.74, 6) is -1.06. The summed E-state index contributed by atoms with van der Waals surface area (Å²) in [6, 6.07) is 46.5. The number of aromatic carboxylic acids is 1. The minimum atomic E-state index is -0.909. The van der Waals surface area contributed by atoms with Crippen molar-refractivity contribution in [3.8, 4) is 0 Å². The van der Waals surface area contributed by atoms with Gasteiger partial charge in [-0.15, -0.1) is 0 Å². The SMILES string of the molecule is CC(=O)Nc1ccc2c(c1)CCN2Cc1ccc(C(=O)N(C)c2ccccc2)cc1.CC(=O)Nc1ccc2c(c1)CCN2Cc1ccc(C(=O)O)cc1.CNc1ccccc1. The Kier molecular flexibility index (Phi) is 14.5. The van der Waals surface area contributed by atoms with Gasteiger partial charge >= 0.3 is 5.97 Å². The molecular formula is C50H52N6O5. The van der Waals surface area contributed by atoms with Gasteiger partial charge in [0.15, 0.2) is 0 Å². The van der Waals surface area contributed by atoms with Gasteiger partial charge in [-0.3, -0.25) is 14.4 Å². The zero-order valence-corrected chi connectivity index (χ0v) is 35.0. The van der Waals surface area contributed by atoms with E-state index in [4.69, 9.17) is 5.11 Å². The number of amides is 3. The van der Waals surface area contributed by atoms with Gasteiger partial charge in [0.05, 0.1) is 5.56 Å². The van der Waals surface area contributed by atoms with E-state index in [1.54, 1.807) is 24.1 Å². The molecule has 312 valence electrons. The number of carbonyl (C=O) groups is 4. The first kappa shape index (κ1) is 43.2. The first-order valence-corrected chi connectivity index (χ1v) is 20.3. The Balaban J connectivity index is 0.000000177. The Hall–Kier alpha value is -7.40. The van der Waals surface area contributed by atoms with Crippen LogP contribution >= 0.6 is 0 Å². The molecule has 11 nitrogen and oxygen atoms in total. The van der Waals surface area contributed by atoms with Crippen molar-refractivity contribution in [3.63, 3.8) is 0 Å². The molecule has 11 heteroatoms. The van der Waals surface area contributed by atoms with Crippen LogP contribution in [0, 0.1) is 0 Å². The maximum Gasteiger partial charge on any atom is 0.335 e. The Morgan fingerprint density at radius 1 is 0.574 bits per heavy atom. The Morgan fingerprint density at radius 3 is 1.43 bits per heavy atom. The third-order valence-electron chi connectivity index (χ3n) is 10.4. The first-order chi connectivity index (χ1) is 29.5. The van der Waals surface area contributed by atoms with Crippen molar-refractivity contribution in [1.29, 1.82) is 0 Å². The number of nitrogens with one attached hydrogen (secondary N) is 3. The molecule has 0 unspecified atom stereocenters. The summed E-state index contributed by atoms with van der Waals surface area (Å²) in [4.78, 5) is 52.3. The first-order valence-electron chi connectivity index (χ1n) is 20.3. The monoisotopic (exact) mass is 816 g/mol. The standard InChI is InChI=1S/C25H25N3O2.C18H18N2O3.C7H9N/c1-18(29)26-22-12-13-24-21(16-22)14-15-28(24)17-19-8-10-20(11-9-19)25(30)27(2)23-6-4-3-5-7-23;1-12(21)19-16-6-7-17-15(10-16)8-9-20(17)11-13-2-4-14(5-3-13)18(22)23;1-8-7-5-3-2-4-6-7/h3-13,16H,14-15,17H2,1-2H3,(H,26,29);2-7,10H,8-9,11H2,1H3,(H,19,21)(H,22,23);2-6,8H,1H3. The molecule has 6 aromatic rings. The number of anilines is 6. The molecule has 8 rings (SSSR count). The Labute approximate surface area is 357 Å². The highest BCUT2D eigenvalue weighted by Crippen LogP contribution is 2.33. The van der Waals surface area contributed by atoms with Crippen LogP contribution in [0.25, 0.3) is 0 Å². The summed E-state index contributed by atoms with van der Waals surface area (Å²) in [5.41, 5.74) is 11.7. The van der Waals surface area contributed by atoms with Gasteiger partial charge in [-0.1, -0.05) is 60.7 Å². The van der Waals surface area contributed by atoms with Crippen LogP contribution in [0.5, 0.6) is 0 Å². The lowest BCUT2D eigenvalue weighted by atomic mass is 10.1. The molecule has 0 aliphatic carbocycles. The molecule has 0 bridgehead atoms. The summed E-state index contributed by atoms with van der Waals surface area (Å²) in [6.45, 7) is 6.41. The van der Waals surface area contributed by atoms with Crippen LogP contribution in [0.2, 0.25) is 0 Å². The van der Waals surface area contributed by atoms with E-state index >= 15 is 0 Å². The predicted molar refractivity (Wildman–Crippen MR) is 246 cm³/mol. The molecule has 3 amide bonds. The molecule has 61 heavy (non-hydrogen) atoms. The van der Waals surface area contributed by atoms with E-state index in [0.717, 1.165) is 72.9 Å². The fraction of sp³-hybridized carbons (Fsp3) is 0.200. The number of hydrogen-bond acceptors (Lipinski definition) is 7. The number of carboxylic acids is 1. The largest absolute Gasteiger partial charge is 0.478 e. The van der Waals surface area contributed by atoms with E-state index in [1.165, 1.54) is 36.3 Å². The molecule has 0 radical (unpaired) electrons. The van der Waals surface area contributed by atoms with Gasteiger partial charge in [0.25, 0.3) is 5.91 Å². The smallest absolute Gasteiger partial charge is 0.335 e. The molecule has 0 saturated carbocycles. The maximum absolute atomic E-state index is 12.8. The van der Waals surface area contributed by atoms with Gasteiger partial charge < -0.3 is 35.8 Å². The number of rotatable bonds is 10. The van der Waals surface area contributed by atoms with E-state index in [0.29, 0.717) is 11.1 Å². The number of carboxylic acid groups (broad SMARTS) is 1. The van der Waals surface area contributed by atoms with Crippen molar-refractivity contribution in [1.82, 2.24) is 0 Å². The van der Waals surface area contributed by atoms with Crippen LogP contribution in [0.1, 0.15) is 56.8 Å². The van der Waals surface area contributed by atoms with Crippen molar-refractivity contribution < 1.29 is 24.3 Å². The summed E-state index contributed by atoms with van der Waals surface area (Å²) in [5, 5.41) is 17.6. The molecule has 4 N–H and O–H groups in total. The van der Waals surface area contributed by atoms with Crippen LogP contribution in [0.15, 0.2) is 146 Å². The quantitative estimate of drug-likeness (QED) is 0.108. The van der Waals surface area contributed by atoms with Crippen molar-refractivity contribution >= 4 is 57.8 Å². The van der Waals surface area contributed by atoms with Gasteiger partial charge in [0.2, 0.25) is 11.8 Å². The predicted octanol–water partition coefficient (Wildman–Crippen LogP) is 9.12. The van der Waals surface area contributed by atoms with Crippen molar-refractivity contribution in [2.45, 2.75) is 39.8 Å². The fourth-order valence-electron chi connectivity index (χ4n) is 7.34. The molecule has 0 atom stereocenters. The Morgan fingerprint density at radius 2 is 1.02 bits per heavy atom. The second-order valence-electron chi connectivity index (χ2n) is 14.9. The minimum absolute atomic E-state index is 0.0234. The molecule has 0 aromatic heterocycles. The van der Waals surface area contributed by atoms with Crippen LogP contribution in [0.4, 0.5) is 34.1 Å². The number of benzene rings is 6. The molecule has 0 saturated heterocycles. The lowest BCUT2D eigenvalue weighted by molar-refractivity contribution is -0.115. The van der Waals surface area contributed by atoms with Crippen LogP contribution in [0.3, 0.4) is 0 Å². The summed E-state index contributed by atoms with van der Waals surface area (Å²) >= 11 is 0. The van der Waals surface area contributed by atoms with Gasteiger partial charge in [-0.05, 0) is 120 Å². The van der Waals surface area contributed by atoms with E-state index < -0.39 is 5.97 Å². The number of hydrogen-bond donors (Lipinski definition) is 4. The van der Waals surface area contributed by atoms with Crippen LogP contribution in [-0.4, -0.2) is 56.0 Å². The third kappa shape index (κ3) is 11.9. The second-order valence-corrected chi connectivity index (χ2v) is 14.9. The second kappa shape index (κ2) is 20.5. The average molecular weight is 817 g/mol. The Bertz CT molecular complexity index is 2440. The number of para-hydroxylation sites is 2. The van der Waals surface area contributed by atoms with E-state index in [9.17, 15) is 19.2 Å². The number of nitrogens with zero attached hydrogens (tertiary/aromatic N) is 3. The van der Waals surface area contributed by atoms with Gasteiger partial charge in [0, 0.05) is 93.8 Å². The highest BCUT2D eigenvalue weighted by molar-refractivity contribution is 6.05.